The number of β-amino-alcohol motifs (C(OH)–C–C–N with tert-alkyl or cyclic N) is 1. The second kappa shape index (κ2) is 16.6. The van der Waals surface area contributed by atoms with Gasteiger partial charge in [-0.1, -0.05) is 104 Å². The number of rotatable bonds is 8. The molecule has 2 heterocycles. The lowest BCUT2D eigenvalue weighted by Crippen LogP contribution is -2.47. The fraction of sp³-hybridized carbons (Fsp3) is 0.364. The minimum Gasteiger partial charge on any atom is -0.395 e. The van der Waals surface area contributed by atoms with Crippen molar-refractivity contribution in [2.75, 3.05) is 66.5 Å². The lowest BCUT2D eigenvalue weighted by Gasteiger charge is -2.36. The molecule has 1 saturated heterocycles. The van der Waals surface area contributed by atoms with Crippen molar-refractivity contribution in [3.8, 4) is 0 Å². The largest absolute Gasteiger partial charge is 0.416 e. The number of aliphatic hydroxyl groups is 1. The van der Waals surface area contributed by atoms with Gasteiger partial charge >= 0.3 is 6.18 Å². The van der Waals surface area contributed by atoms with Crippen molar-refractivity contribution in [1.29, 1.82) is 0 Å². The molecule has 274 valence electrons. The first-order valence-corrected chi connectivity index (χ1v) is 19.1. The first kappa shape index (κ1) is 38.1. The highest BCUT2D eigenvalue weighted by Gasteiger charge is 2.34. The fourth-order valence-electron chi connectivity index (χ4n) is 7.54. The van der Waals surface area contributed by atoms with E-state index in [1.54, 1.807) is 6.07 Å². The minimum absolute atomic E-state index is 0.0616. The molecule has 52 heavy (non-hydrogen) atoms. The molecular formula is C44H50F3N3OS. The Balaban J connectivity index is 0.000000187. The van der Waals surface area contributed by atoms with E-state index in [0.717, 1.165) is 73.0 Å². The van der Waals surface area contributed by atoms with Crippen LogP contribution in [0.3, 0.4) is 0 Å². The van der Waals surface area contributed by atoms with Crippen molar-refractivity contribution < 1.29 is 18.3 Å². The third-order valence-electron chi connectivity index (χ3n) is 10.4. The summed E-state index contributed by atoms with van der Waals surface area (Å²) in [4.78, 5) is 8.81. The maximum atomic E-state index is 13.3. The summed E-state index contributed by atoms with van der Waals surface area (Å²) in [5, 5.41) is 9.06. The monoisotopic (exact) mass is 725 g/mol. The second-order valence-corrected chi connectivity index (χ2v) is 15.6. The van der Waals surface area contributed by atoms with E-state index in [1.165, 1.54) is 51.7 Å². The third-order valence-corrected chi connectivity index (χ3v) is 11.5. The van der Waals surface area contributed by atoms with E-state index in [0.29, 0.717) is 12.1 Å². The van der Waals surface area contributed by atoms with Crippen LogP contribution in [-0.2, 0) is 11.6 Å². The van der Waals surface area contributed by atoms with Gasteiger partial charge in [-0.15, -0.1) is 0 Å². The Morgan fingerprint density at radius 2 is 1.21 bits per heavy atom. The van der Waals surface area contributed by atoms with Crippen LogP contribution in [0.15, 0.2) is 113 Å². The molecule has 0 spiro atoms. The van der Waals surface area contributed by atoms with Gasteiger partial charge in [-0.25, -0.2) is 0 Å². The topological polar surface area (TPSA) is 30.0 Å². The van der Waals surface area contributed by atoms with Gasteiger partial charge in [-0.3, -0.25) is 4.90 Å². The van der Waals surface area contributed by atoms with Crippen molar-refractivity contribution in [3.05, 3.63) is 142 Å². The summed E-state index contributed by atoms with van der Waals surface area (Å²) in [5.41, 5.74) is 9.07. The number of piperazine rings is 1. The number of hydrogen-bond acceptors (Lipinski definition) is 5. The molecule has 0 bridgehead atoms. The van der Waals surface area contributed by atoms with Gasteiger partial charge in [0.2, 0.25) is 0 Å². The summed E-state index contributed by atoms with van der Waals surface area (Å²) in [5.74, 6) is 0. The predicted octanol–water partition coefficient (Wildman–Crippen LogP) is 9.31. The van der Waals surface area contributed by atoms with Crippen LogP contribution in [0.25, 0.3) is 11.1 Å². The van der Waals surface area contributed by atoms with Crippen LogP contribution in [0.5, 0.6) is 0 Å². The number of hydrogen-bond donors (Lipinski definition) is 1. The summed E-state index contributed by atoms with van der Waals surface area (Å²) < 4.78 is 39.9. The van der Waals surface area contributed by atoms with E-state index >= 15 is 0 Å². The van der Waals surface area contributed by atoms with E-state index in [-0.39, 0.29) is 12.0 Å². The van der Waals surface area contributed by atoms with E-state index in [1.807, 2.05) is 24.3 Å². The normalized spacial score (nSPS) is 17.5. The second-order valence-electron chi connectivity index (χ2n) is 14.5. The molecule has 0 amide bonds. The van der Waals surface area contributed by atoms with Gasteiger partial charge in [0.05, 0.1) is 12.2 Å². The van der Waals surface area contributed by atoms with Crippen molar-refractivity contribution in [2.45, 2.75) is 48.1 Å². The maximum Gasteiger partial charge on any atom is 0.416 e. The van der Waals surface area contributed by atoms with Crippen molar-refractivity contribution >= 4 is 22.9 Å². The summed E-state index contributed by atoms with van der Waals surface area (Å²) in [6, 6.07) is 29.7. The average Bonchev–Trinajstić information content (AvgIpc) is 3.13. The Hall–Kier alpha value is -3.66. The van der Waals surface area contributed by atoms with Crippen LogP contribution < -0.4 is 0 Å². The number of alkyl halides is 3. The van der Waals surface area contributed by atoms with Crippen molar-refractivity contribution in [2.24, 2.45) is 0 Å². The highest BCUT2D eigenvalue weighted by atomic mass is 32.2. The molecule has 1 N–H and O–H groups in total. The molecule has 2 aliphatic heterocycles. The Kier molecular flexibility index (Phi) is 12.1. The molecule has 0 saturated carbocycles. The molecule has 4 nitrogen and oxygen atoms in total. The van der Waals surface area contributed by atoms with Gasteiger partial charge in [0.25, 0.3) is 0 Å². The molecule has 8 heteroatoms. The lowest BCUT2D eigenvalue weighted by molar-refractivity contribution is -0.137. The molecule has 0 unspecified atom stereocenters. The van der Waals surface area contributed by atoms with Gasteiger partial charge in [0.15, 0.2) is 0 Å². The number of halogens is 3. The number of benzene rings is 4. The molecule has 4 aromatic rings. The Morgan fingerprint density at radius 3 is 1.81 bits per heavy atom. The first-order valence-electron chi connectivity index (χ1n) is 18.3. The third kappa shape index (κ3) is 8.58. The zero-order chi connectivity index (χ0) is 36.9. The van der Waals surface area contributed by atoms with E-state index < -0.39 is 11.7 Å². The average molecular weight is 726 g/mol. The van der Waals surface area contributed by atoms with Gasteiger partial charge in [0, 0.05) is 61.0 Å². The van der Waals surface area contributed by atoms with E-state index in [9.17, 15) is 13.2 Å². The number of fused-ring (bicyclic) bond motifs is 4. The molecule has 0 aromatic heterocycles. The highest BCUT2D eigenvalue weighted by molar-refractivity contribution is 7.99. The van der Waals surface area contributed by atoms with Gasteiger partial charge in [-0.05, 0) is 95.7 Å². The molecule has 7 rings (SSSR count). The Labute approximate surface area is 311 Å². The molecule has 3 aliphatic rings. The Morgan fingerprint density at radius 1 is 0.692 bits per heavy atom. The molecule has 4 aromatic carbocycles. The zero-order valence-electron chi connectivity index (χ0n) is 30.7. The highest BCUT2D eigenvalue weighted by Crippen LogP contribution is 2.48. The van der Waals surface area contributed by atoms with Crippen LogP contribution in [0.4, 0.5) is 13.2 Å². The summed E-state index contributed by atoms with van der Waals surface area (Å²) in [7, 11) is 4.26. The SMILES string of the molecule is CN(C)CCC=C1c2ccccc2C(C)(C)c2ccccc21.OCCN1CCN(CCC=C2c3ccccc3Sc3ccc(C(F)(F)F)cc32)CC1. The lowest BCUT2D eigenvalue weighted by atomic mass is 9.67. The molecule has 0 radical (unpaired) electrons. The summed E-state index contributed by atoms with van der Waals surface area (Å²) >= 11 is 1.53. The van der Waals surface area contributed by atoms with Gasteiger partial charge in [0.1, 0.15) is 0 Å². The molecular weight excluding hydrogens is 676 g/mol. The van der Waals surface area contributed by atoms with Gasteiger partial charge < -0.3 is 14.9 Å². The van der Waals surface area contributed by atoms with Crippen LogP contribution >= 0.6 is 11.8 Å². The molecule has 1 fully saturated rings. The number of nitrogens with zero attached hydrogens (tertiary/aromatic N) is 3. The van der Waals surface area contributed by atoms with Crippen LogP contribution in [0, 0.1) is 0 Å². The zero-order valence-corrected chi connectivity index (χ0v) is 31.5. The van der Waals surface area contributed by atoms with Crippen LogP contribution in [0.2, 0.25) is 0 Å². The van der Waals surface area contributed by atoms with E-state index in [4.69, 9.17) is 5.11 Å². The first-order chi connectivity index (χ1) is 25.0. The number of aliphatic hydroxyl groups excluding tert-OH is 1. The minimum atomic E-state index is -4.35. The maximum absolute atomic E-state index is 13.3. The fourth-order valence-corrected chi connectivity index (χ4v) is 8.63. The molecule has 1 aliphatic carbocycles. The van der Waals surface area contributed by atoms with Crippen LogP contribution in [0.1, 0.15) is 65.6 Å². The van der Waals surface area contributed by atoms with Crippen molar-refractivity contribution in [1.82, 2.24) is 14.7 Å². The smallest absolute Gasteiger partial charge is 0.395 e. The quantitative estimate of drug-likeness (QED) is 0.172. The standard InChI is InChI=1S/C23H25F3N2OS.C21H25N/c24-23(25,26)17-7-8-22-20(16-17)18(19-4-1-2-6-21(19)30-22)5-3-9-27-10-12-28(13-11-27)14-15-29;1-21(2)19-13-7-5-10-17(19)16(12-9-15-22(3)4)18-11-6-8-14-20(18)21/h1-2,4-8,16,29H,3,9-15H2;5-8,10-14H,9,15H2,1-4H3. The predicted molar refractivity (Wildman–Crippen MR) is 209 cm³/mol. The van der Waals surface area contributed by atoms with Crippen molar-refractivity contribution in [3.63, 3.8) is 0 Å². The van der Waals surface area contributed by atoms with E-state index in [2.05, 4.69) is 103 Å². The van der Waals surface area contributed by atoms with Crippen LogP contribution in [-0.4, -0.2) is 86.3 Å². The summed E-state index contributed by atoms with van der Waals surface area (Å²) in [6.07, 6.45) is 2.01. The molecule has 0 atom stereocenters. The Bertz CT molecular complexity index is 1860. The summed E-state index contributed by atoms with van der Waals surface area (Å²) in [6.45, 7) is 11.3. The van der Waals surface area contributed by atoms with Gasteiger partial charge in [-0.2, -0.15) is 13.2 Å².